The van der Waals surface area contributed by atoms with Crippen LogP contribution in [-0.4, -0.2) is 27.8 Å². The van der Waals surface area contributed by atoms with Gasteiger partial charge in [0, 0.05) is 17.7 Å². The molecule has 0 saturated heterocycles. The summed E-state index contributed by atoms with van der Waals surface area (Å²) in [6, 6.07) is 24.8. The number of nitrogens with zero attached hydrogens (tertiary/aromatic N) is 3. The molecule has 0 amide bonds. The minimum atomic E-state index is -0.265. The summed E-state index contributed by atoms with van der Waals surface area (Å²) < 4.78 is 6.50. The number of carbonyl (C=O) groups excluding carboxylic acids is 1. The van der Waals surface area contributed by atoms with Crippen LogP contribution >= 0.6 is 0 Å². The van der Waals surface area contributed by atoms with Crippen LogP contribution < -0.4 is 10.1 Å². The molecule has 0 saturated carbocycles. The van der Waals surface area contributed by atoms with E-state index in [2.05, 4.69) is 15.4 Å². The molecule has 0 aliphatic heterocycles. The second-order valence-electron chi connectivity index (χ2n) is 6.91. The first kappa shape index (κ1) is 19.4. The van der Waals surface area contributed by atoms with Crippen molar-refractivity contribution in [1.82, 2.24) is 14.8 Å². The van der Waals surface area contributed by atoms with Gasteiger partial charge in [-0.1, -0.05) is 60.2 Å². The second-order valence-corrected chi connectivity index (χ2v) is 6.91. The van der Waals surface area contributed by atoms with Gasteiger partial charge in [0.2, 0.25) is 5.95 Å². The third-order valence-corrected chi connectivity index (χ3v) is 4.74. The first-order valence-electron chi connectivity index (χ1n) is 9.65. The largest absolute Gasteiger partial charge is 0.497 e. The highest BCUT2D eigenvalue weighted by molar-refractivity contribution is 5.97. The Bertz CT molecular complexity index is 1130. The Morgan fingerprint density at radius 1 is 0.967 bits per heavy atom. The molecule has 150 valence electrons. The van der Waals surface area contributed by atoms with E-state index in [0.717, 1.165) is 16.7 Å². The molecule has 30 heavy (non-hydrogen) atoms. The third kappa shape index (κ3) is 4.22. The first-order chi connectivity index (χ1) is 14.6. The fourth-order valence-electron chi connectivity index (χ4n) is 3.03. The van der Waals surface area contributed by atoms with Gasteiger partial charge in [-0.05, 0) is 36.8 Å². The van der Waals surface area contributed by atoms with Gasteiger partial charge in [0.05, 0.1) is 7.11 Å². The van der Waals surface area contributed by atoms with Crippen LogP contribution in [0.15, 0.2) is 78.9 Å². The van der Waals surface area contributed by atoms with Crippen LogP contribution in [0.25, 0.3) is 11.4 Å². The van der Waals surface area contributed by atoms with Crippen LogP contribution in [0.2, 0.25) is 0 Å². The number of aryl methyl sites for hydroxylation is 1. The minimum Gasteiger partial charge on any atom is -0.497 e. The summed E-state index contributed by atoms with van der Waals surface area (Å²) in [5, 5.41) is 7.75. The van der Waals surface area contributed by atoms with Crippen molar-refractivity contribution in [3.63, 3.8) is 0 Å². The number of rotatable bonds is 6. The zero-order valence-electron chi connectivity index (χ0n) is 16.9. The zero-order valence-corrected chi connectivity index (χ0v) is 16.9. The van der Waals surface area contributed by atoms with Crippen LogP contribution in [0.4, 0.5) is 5.95 Å². The van der Waals surface area contributed by atoms with Crippen molar-refractivity contribution in [2.45, 2.75) is 13.5 Å². The van der Waals surface area contributed by atoms with Crippen molar-refractivity contribution in [2.75, 3.05) is 12.4 Å². The molecule has 6 nitrogen and oxygen atoms in total. The topological polar surface area (TPSA) is 69.0 Å². The van der Waals surface area contributed by atoms with E-state index in [1.165, 1.54) is 4.68 Å². The summed E-state index contributed by atoms with van der Waals surface area (Å²) in [6.45, 7) is 2.55. The Morgan fingerprint density at radius 3 is 2.33 bits per heavy atom. The number of benzene rings is 3. The number of ether oxygens (including phenoxy) is 1. The van der Waals surface area contributed by atoms with Crippen LogP contribution in [0, 0.1) is 6.92 Å². The van der Waals surface area contributed by atoms with E-state index in [9.17, 15) is 4.79 Å². The first-order valence-corrected chi connectivity index (χ1v) is 9.65. The number of carbonyl (C=O) groups is 1. The van der Waals surface area contributed by atoms with Gasteiger partial charge in [0.15, 0.2) is 5.82 Å². The number of nitrogens with one attached hydrogen (secondary N) is 1. The summed E-state index contributed by atoms with van der Waals surface area (Å²) in [7, 11) is 1.59. The van der Waals surface area contributed by atoms with Crippen molar-refractivity contribution in [2.24, 2.45) is 0 Å². The Kier molecular flexibility index (Phi) is 5.57. The van der Waals surface area contributed by atoms with E-state index in [-0.39, 0.29) is 5.91 Å². The van der Waals surface area contributed by atoms with Gasteiger partial charge in [0.1, 0.15) is 5.75 Å². The monoisotopic (exact) mass is 398 g/mol. The van der Waals surface area contributed by atoms with Crippen LogP contribution in [0.3, 0.4) is 0 Å². The zero-order chi connectivity index (χ0) is 20.9. The number of anilines is 1. The van der Waals surface area contributed by atoms with Gasteiger partial charge in [-0.3, -0.25) is 4.79 Å². The molecule has 0 unspecified atom stereocenters. The van der Waals surface area contributed by atoms with E-state index in [1.807, 2.05) is 61.5 Å². The molecule has 1 N–H and O–H groups in total. The number of hydrogen-bond donors (Lipinski definition) is 1. The van der Waals surface area contributed by atoms with E-state index in [1.54, 1.807) is 31.4 Å². The smallest absolute Gasteiger partial charge is 0.281 e. The average molecular weight is 398 g/mol. The predicted molar refractivity (Wildman–Crippen MR) is 117 cm³/mol. The molecule has 3 aromatic carbocycles. The normalized spacial score (nSPS) is 10.6. The maximum atomic E-state index is 13.2. The lowest BCUT2D eigenvalue weighted by Gasteiger charge is -2.08. The SMILES string of the molecule is COc1ccc(C(=O)n2nc(-c3ccc(C)cc3)nc2NCc2ccccc2)cc1. The maximum Gasteiger partial charge on any atom is 0.281 e. The molecule has 4 rings (SSSR count). The van der Waals surface area contributed by atoms with Gasteiger partial charge in [0.25, 0.3) is 5.91 Å². The minimum absolute atomic E-state index is 0.265. The molecular formula is C24H22N4O2. The van der Waals surface area contributed by atoms with Gasteiger partial charge < -0.3 is 10.1 Å². The predicted octanol–water partition coefficient (Wildman–Crippen LogP) is 4.56. The molecule has 4 aromatic rings. The van der Waals surface area contributed by atoms with Crippen molar-refractivity contribution in [3.05, 3.63) is 95.6 Å². The van der Waals surface area contributed by atoms with E-state index >= 15 is 0 Å². The average Bonchev–Trinajstić information content (AvgIpc) is 3.22. The molecule has 0 radical (unpaired) electrons. The van der Waals surface area contributed by atoms with Crippen LogP contribution in [-0.2, 0) is 6.54 Å². The van der Waals surface area contributed by atoms with Crippen molar-refractivity contribution < 1.29 is 9.53 Å². The molecule has 0 bridgehead atoms. The molecule has 0 aliphatic rings. The van der Waals surface area contributed by atoms with Gasteiger partial charge in [-0.2, -0.15) is 9.67 Å². The summed E-state index contributed by atoms with van der Waals surface area (Å²) in [6.07, 6.45) is 0. The third-order valence-electron chi connectivity index (χ3n) is 4.74. The number of hydrogen-bond acceptors (Lipinski definition) is 5. The Balaban J connectivity index is 1.68. The lowest BCUT2D eigenvalue weighted by atomic mass is 10.1. The molecule has 0 aliphatic carbocycles. The van der Waals surface area contributed by atoms with E-state index < -0.39 is 0 Å². The Morgan fingerprint density at radius 2 is 1.67 bits per heavy atom. The van der Waals surface area contributed by atoms with Crippen LogP contribution in [0.5, 0.6) is 5.75 Å². The van der Waals surface area contributed by atoms with Gasteiger partial charge in [-0.25, -0.2) is 0 Å². The molecule has 1 heterocycles. The van der Waals surface area contributed by atoms with E-state index in [0.29, 0.717) is 29.6 Å². The molecule has 1 aromatic heterocycles. The molecule has 0 fully saturated rings. The lowest BCUT2D eigenvalue weighted by molar-refractivity contribution is 0.0947. The number of methoxy groups -OCH3 is 1. The molecule has 0 spiro atoms. The molecule has 6 heteroatoms. The van der Waals surface area contributed by atoms with Gasteiger partial charge in [-0.15, -0.1) is 5.10 Å². The van der Waals surface area contributed by atoms with E-state index in [4.69, 9.17) is 4.74 Å². The summed E-state index contributed by atoms with van der Waals surface area (Å²) >= 11 is 0. The second kappa shape index (κ2) is 8.61. The highest BCUT2D eigenvalue weighted by atomic mass is 16.5. The quantitative estimate of drug-likeness (QED) is 0.516. The highest BCUT2D eigenvalue weighted by Gasteiger charge is 2.19. The lowest BCUT2D eigenvalue weighted by Crippen LogP contribution is -2.17. The standard InChI is InChI=1S/C24H22N4O2/c1-17-8-10-19(11-9-17)22-26-24(25-16-18-6-4-3-5-7-18)28(27-22)23(29)20-12-14-21(30-2)15-13-20/h3-15H,16H2,1-2H3,(H,25,26,27). The summed E-state index contributed by atoms with van der Waals surface area (Å²) in [5.41, 5.74) is 3.58. The number of aromatic nitrogens is 3. The van der Waals surface area contributed by atoms with Crippen LogP contribution in [0.1, 0.15) is 21.5 Å². The Hall–Kier alpha value is -3.93. The van der Waals surface area contributed by atoms with Crippen molar-refractivity contribution in [1.29, 1.82) is 0 Å². The molecule has 0 atom stereocenters. The summed E-state index contributed by atoms with van der Waals surface area (Å²) in [4.78, 5) is 17.8. The molecular weight excluding hydrogens is 376 g/mol. The van der Waals surface area contributed by atoms with Gasteiger partial charge >= 0.3 is 0 Å². The van der Waals surface area contributed by atoms with Crippen molar-refractivity contribution in [3.8, 4) is 17.1 Å². The van der Waals surface area contributed by atoms with Crippen molar-refractivity contribution >= 4 is 11.9 Å². The fraction of sp³-hybridized carbons (Fsp3) is 0.125. The Labute approximate surface area is 175 Å². The highest BCUT2D eigenvalue weighted by Crippen LogP contribution is 2.21. The maximum absolute atomic E-state index is 13.2. The fourth-order valence-corrected chi connectivity index (χ4v) is 3.03. The summed E-state index contributed by atoms with van der Waals surface area (Å²) in [5.74, 6) is 1.31.